The van der Waals surface area contributed by atoms with Gasteiger partial charge in [-0.05, 0) is 12.5 Å². The molecule has 124 valence electrons. The minimum Gasteiger partial charge on any atom is -0.382 e. The summed E-state index contributed by atoms with van der Waals surface area (Å²) in [6.07, 6.45) is 0. The van der Waals surface area contributed by atoms with E-state index in [9.17, 15) is 4.79 Å². The van der Waals surface area contributed by atoms with E-state index in [0.717, 1.165) is 16.7 Å². The number of imidazole rings is 1. The maximum absolute atomic E-state index is 12.4. The molecule has 2 heterocycles. The molecule has 0 atom stereocenters. The Hall–Kier alpha value is -3.41. The Morgan fingerprint density at radius 1 is 1.04 bits per heavy atom. The summed E-state index contributed by atoms with van der Waals surface area (Å²) < 4.78 is 1.58. The van der Waals surface area contributed by atoms with Crippen LogP contribution in [0.4, 0.5) is 5.82 Å². The second kappa shape index (κ2) is 5.90. The molecule has 4 rings (SSSR count). The fourth-order valence-corrected chi connectivity index (χ4v) is 2.80. The van der Waals surface area contributed by atoms with Gasteiger partial charge in [-0.2, -0.15) is 0 Å². The maximum atomic E-state index is 12.4. The standard InChI is InChI=1S/C19H17N5O/c1-12-7-9-14(10-8-12)17-22-16(20)15-18(23-17)24(19(25)21-15)11-13-5-3-2-4-6-13/h2-10H,11H2,1H3,(H,21,25)(H2,20,22,23). The van der Waals surface area contributed by atoms with E-state index in [1.165, 1.54) is 0 Å². The fraction of sp³-hybridized carbons (Fsp3) is 0.105. The molecule has 25 heavy (non-hydrogen) atoms. The molecule has 3 N–H and O–H groups in total. The molecule has 0 aliphatic heterocycles. The van der Waals surface area contributed by atoms with Crippen LogP contribution in [0.25, 0.3) is 22.6 Å². The average Bonchev–Trinajstić information content (AvgIpc) is 2.93. The van der Waals surface area contributed by atoms with Gasteiger partial charge >= 0.3 is 5.69 Å². The van der Waals surface area contributed by atoms with E-state index in [-0.39, 0.29) is 11.5 Å². The highest BCUT2D eigenvalue weighted by Crippen LogP contribution is 2.22. The second-order valence-corrected chi connectivity index (χ2v) is 6.00. The van der Waals surface area contributed by atoms with Gasteiger partial charge in [-0.25, -0.2) is 14.8 Å². The lowest BCUT2D eigenvalue weighted by atomic mass is 10.1. The Morgan fingerprint density at radius 3 is 2.48 bits per heavy atom. The Morgan fingerprint density at radius 2 is 1.76 bits per heavy atom. The van der Waals surface area contributed by atoms with Gasteiger partial charge in [-0.3, -0.25) is 4.57 Å². The monoisotopic (exact) mass is 331 g/mol. The van der Waals surface area contributed by atoms with Crippen molar-refractivity contribution in [3.05, 3.63) is 76.2 Å². The number of rotatable bonds is 3. The predicted molar refractivity (Wildman–Crippen MR) is 98.3 cm³/mol. The molecule has 2 aromatic carbocycles. The van der Waals surface area contributed by atoms with Gasteiger partial charge in [-0.1, -0.05) is 60.2 Å². The molecule has 0 unspecified atom stereocenters. The van der Waals surface area contributed by atoms with Crippen molar-refractivity contribution >= 4 is 17.0 Å². The predicted octanol–water partition coefficient (Wildman–Crippen LogP) is 2.73. The number of H-pyrrole nitrogens is 1. The molecule has 0 aliphatic rings. The number of nitrogen functional groups attached to an aromatic ring is 1. The van der Waals surface area contributed by atoms with Crippen LogP contribution in [0.15, 0.2) is 59.4 Å². The third kappa shape index (κ3) is 2.78. The molecule has 0 saturated heterocycles. The minimum absolute atomic E-state index is 0.249. The molecule has 0 spiro atoms. The number of nitrogens with one attached hydrogen (secondary N) is 1. The van der Waals surface area contributed by atoms with Crippen molar-refractivity contribution in [3.63, 3.8) is 0 Å². The van der Waals surface area contributed by atoms with Crippen LogP contribution in [0.5, 0.6) is 0 Å². The van der Waals surface area contributed by atoms with Gasteiger partial charge in [0.15, 0.2) is 17.3 Å². The average molecular weight is 331 g/mol. The Kier molecular flexibility index (Phi) is 3.57. The summed E-state index contributed by atoms with van der Waals surface area (Å²) in [6.45, 7) is 2.44. The van der Waals surface area contributed by atoms with E-state index in [2.05, 4.69) is 15.0 Å². The first-order valence-electron chi connectivity index (χ1n) is 7.99. The van der Waals surface area contributed by atoms with Crippen molar-refractivity contribution in [2.24, 2.45) is 0 Å². The van der Waals surface area contributed by atoms with Crippen molar-refractivity contribution in [3.8, 4) is 11.4 Å². The number of nitrogens with two attached hydrogens (primary N) is 1. The lowest BCUT2D eigenvalue weighted by molar-refractivity contribution is 0.778. The van der Waals surface area contributed by atoms with Crippen LogP contribution >= 0.6 is 0 Å². The lowest BCUT2D eigenvalue weighted by Crippen LogP contribution is -2.17. The molecular formula is C19H17N5O. The topological polar surface area (TPSA) is 89.6 Å². The third-order valence-electron chi connectivity index (χ3n) is 4.14. The van der Waals surface area contributed by atoms with E-state index in [1.54, 1.807) is 4.57 Å². The third-order valence-corrected chi connectivity index (χ3v) is 4.14. The zero-order valence-corrected chi connectivity index (χ0v) is 13.7. The highest BCUT2D eigenvalue weighted by molar-refractivity contribution is 5.83. The van der Waals surface area contributed by atoms with Gasteiger partial charge < -0.3 is 10.7 Å². The van der Waals surface area contributed by atoms with E-state index < -0.39 is 0 Å². The highest BCUT2D eigenvalue weighted by Gasteiger charge is 2.15. The van der Waals surface area contributed by atoms with E-state index in [0.29, 0.717) is 23.5 Å². The molecule has 0 aliphatic carbocycles. The smallest absolute Gasteiger partial charge is 0.328 e. The number of benzene rings is 2. The van der Waals surface area contributed by atoms with Gasteiger partial charge in [0.05, 0.1) is 6.54 Å². The quantitative estimate of drug-likeness (QED) is 0.604. The Labute approximate surface area is 144 Å². The van der Waals surface area contributed by atoms with Crippen LogP contribution in [0.1, 0.15) is 11.1 Å². The first-order valence-corrected chi connectivity index (χ1v) is 7.99. The summed E-state index contributed by atoms with van der Waals surface area (Å²) in [5, 5.41) is 0. The normalized spacial score (nSPS) is 11.1. The second-order valence-electron chi connectivity index (χ2n) is 6.00. The molecule has 0 fully saturated rings. The van der Waals surface area contributed by atoms with Crippen molar-refractivity contribution in [2.75, 3.05) is 5.73 Å². The van der Waals surface area contributed by atoms with Gasteiger partial charge in [0.25, 0.3) is 0 Å². The number of nitrogens with zero attached hydrogens (tertiary/aromatic N) is 3. The summed E-state index contributed by atoms with van der Waals surface area (Å²) in [5.74, 6) is 0.773. The first-order chi connectivity index (χ1) is 12.1. The van der Waals surface area contributed by atoms with Gasteiger partial charge in [0.1, 0.15) is 5.52 Å². The van der Waals surface area contributed by atoms with Crippen molar-refractivity contribution in [1.82, 2.24) is 19.5 Å². The van der Waals surface area contributed by atoms with E-state index in [1.807, 2.05) is 61.5 Å². The molecule has 6 heteroatoms. The number of fused-ring (bicyclic) bond motifs is 1. The molecule has 2 aromatic heterocycles. The summed E-state index contributed by atoms with van der Waals surface area (Å²) in [4.78, 5) is 24.1. The molecule has 4 aromatic rings. The zero-order chi connectivity index (χ0) is 17.4. The number of hydrogen-bond acceptors (Lipinski definition) is 4. The van der Waals surface area contributed by atoms with E-state index in [4.69, 9.17) is 5.73 Å². The number of aryl methyl sites for hydroxylation is 1. The molecule has 0 radical (unpaired) electrons. The van der Waals surface area contributed by atoms with Crippen LogP contribution < -0.4 is 11.4 Å². The largest absolute Gasteiger partial charge is 0.382 e. The van der Waals surface area contributed by atoms with Crippen LogP contribution in [0, 0.1) is 6.92 Å². The summed E-state index contributed by atoms with van der Waals surface area (Å²) in [6, 6.07) is 17.6. The summed E-state index contributed by atoms with van der Waals surface area (Å²) in [7, 11) is 0. The molecule has 6 nitrogen and oxygen atoms in total. The van der Waals surface area contributed by atoms with Crippen LogP contribution in [-0.2, 0) is 6.54 Å². The lowest BCUT2D eigenvalue weighted by Gasteiger charge is -2.06. The highest BCUT2D eigenvalue weighted by atomic mass is 16.1. The van der Waals surface area contributed by atoms with Crippen LogP contribution in [-0.4, -0.2) is 19.5 Å². The number of anilines is 1. The minimum atomic E-state index is -0.249. The maximum Gasteiger partial charge on any atom is 0.328 e. The Balaban J connectivity index is 1.87. The van der Waals surface area contributed by atoms with Crippen molar-refractivity contribution < 1.29 is 0 Å². The SMILES string of the molecule is Cc1ccc(-c2nc(N)c3[nH]c(=O)n(Cc4ccccc4)c3n2)cc1. The first kappa shape index (κ1) is 15.1. The van der Waals surface area contributed by atoms with Crippen molar-refractivity contribution in [1.29, 1.82) is 0 Å². The summed E-state index contributed by atoms with van der Waals surface area (Å²) in [5.41, 5.74) is 9.82. The van der Waals surface area contributed by atoms with Gasteiger partial charge in [0, 0.05) is 5.56 Å². The Bertz CT molecular complexity index is 1090. The molecule has 0 saturated carbocycles. The van der Waals surface area contributed by atoms with Gasteiger partial charge in [0.2, 0.25) is 0 Å². The van der Waals surface area contributed by atoms with E-state index >= 15 is 0 Å². The number of hydrogen-bond donors (Lipinski definition) is 2. The van der Waals surface area contributed by atoms with Crippen LogP contribution in [0.3, 0.4) is 0 Å². The van der Waals surface area contributed by atoms with Gasteiger partial charge in [-0.15, -0.1) is 0 Å². The molecular weight excluding hydrogens is 314 g/mol. The molecule has 0 amide bonds. The molecule has 0 bridgehead atoms. The van der Waals surface area contributed by atoms with Crippen LogP contribution in [0.2, 0.25) is 0 Å². The van der Waals surface area contributed by atoms with Crippen molar-refractivity contribution in [2.45, 2.75) is 13.5 Å². The number of aromatic nitrogens is 4. The fourth-order valence-electron chi connectivity index (χ4n) is 2.80. The zero-order valence-electron chi connectivity index (χ0n) is 13.7. The summed E-state index contributed by atoms with van der Waals surface area (Å²) >= 11 is 0. The number of aromatic amines is 1.